The molecular formula is C12H20N2S. The van der Waals surface area contributed by atoms with E-state index in [1.165, 1.54) is 29.8 Å². The Morgan fingerprint density at radius 1 is 1.47 bits per heavy atom. The van der Waals surface area contributed by atoms with Crippen LogP contribution >= 0.6 is 11.3 Å². The van der Waals surface area contributed by atoms with Crippen LogP contribution < -0.4 is 5.32 Å². The molecule has 1 aliphatic rings. The van der Waals surface area contributed by atoms with Crippen LogP contribution in [0.2, 0.25) is 0 Å². The SMILES string of the molecule is Cc1ncsc1C(C)NC(C)C1CCC1. The molecule has 1 aromatic heterocycles. The van der Waals surface area contributed by atoms with Crippen molar-refractivity contribution in [1.29, 1.82) is 0 Å². The van der Waals surface area contributed by atoms with E-state index in [0.717, 1.165) is 5.92 Å². The predicted molar refractivity (Wildman–Crippen MR) is 65.2 cm³/mol. The number of aryl methyl sites for hydroxylation is 1. The minimum Gasteiger partial charge on any atom is -0.307 e. The van der Waals surface area contributed by atoms with Gasteiger partial charge in [-0.05, 0) is 39.5 Å². The Labute approximate surface area is 96.1 Å². The molecule has 15 heavy (non-hydrogen) atoms. The summed E-state index contributed by atoms with van der Waals surface area (Å²) >= 11 is 1.76. The fraction of sp³-hybridized carbons (Fsp3) is 0.750. The first-order valence-corrected chi connectivity index (χ1v) is 6.72. The Morgan fingerprint density at radius 2 is 2.20 bits per heavy atom. The lowest BCUT2D eigenvalue weighted by Crippen LogP contribution is -2.38. The van der Waals surface area contributed by atoms with E-state index in [1.54, 1.807) is 11.3 Å². The summed E-state index contributed by atoms with van der Waals surface area (Å²) in [5, 5.41) is 3.70. The number of hydrogen-bond donors (Lipinski definition) is 1. The van der Waals surface area contributed by atoms with Gasteiger partial charge in [-0.25, -0.2) is 4.98 Å². The lowest BCUT2D eigenvalue weighted by atomic mass is 9.80. The highest BCUT2D eigenvalue weighted by Gasteiger charge is 2.25. The molecule has 0 spiro atoms. The second-order valence-electron chi connectivity index (χ2n) is 4.67. The van der Waals surface area contributed by atoms with E-state index >= 15 is 0 Å². The lowest BCUT2D eigenvalue weighted by molar-refractivity contribution is 0.230. The predicted octanol–water partition coefficient (Wildman–Crippen LogP) is 3.29. The largest absolute Gasteiger partial charge is 0.307 e. The van der Waals surface area contributed by atoms with E-state index in [0.29, 0.717) is 12.1 Å². The molecular weight excluding hydrogens is 204 g/mol. The molecule has 0 amide bonds. The molecule has 3 heteroatoms. The first-order chi connectivity index (χ1) is 7.18. The number of rotatable bonds is 4. The smallest absolute Gasteiger partial charge is 0.0798 e. The van der Waals surface area contributed by atoms with Crippen LogP contribution in [0.5, 0.6) is 0 Å². The first-order valence-electron chi connectivity index (χ1n) is 5.84. The average Bonchev–Trinajstić information content (AvgIpc) is 2.47. The summed E-state index contributed by atoms with van der Waals surface area (Å²) in [6.45, 7) is 6.66. The zero-order chi connectivity index (χ0) is 10.8. The summed E-state index contributed by atoms with van der Waals surface area (Å²) in [4.78, 5) is 5.69. The van der Waals surface area contributed by atoms with Crippen molar-refractivity contribution in [3.05, 3.63) is 16.1 Å². The Kier molecular flexibility index (Phi) is 3.42. The maximum absolute atomic E-state index is 4.30. The van der Waals surface area contributed by atoms with Crippen LogP contribution in [0, 0.1) is 12.8 Å². The highest BCUT2D eigenvalue weighted by molar-refractivity contribution is 7.09. The third kappa shape index (κ3) is 2.40. The Bertz CT molecular complexity index is 317. The third-order valence-electron chi connectivity index (χ3n) is 3.55. The van der Waals surface area contributed by atoms with Gasteiger partial charge in [0.15, 0.2) is 0 Å². The number of hydrogen-bond acceptors (Lipinski definition) is 3. The summed E-state index contributed by atoms with van der Waals surface area (Å²) in [7, 11) is 0. The summed E-state index contributed by atoms with van der Waals surface area (Å²) in [5.41, 5.74) is 3.12. The normalized spacial score (nSPS) is 21.0. The highest BCUT2D eigenvalue weighted by Crippen LogP contribution is 2.31. The molecule has 2 nitrogen and oxygen atoms in total. The van der Waals surface area contributed by atoms with Crippen molar-refractivity contribution >= 4 is 11.3 Å². The lowest BCUT2D eigenvalue weighted by Gasteiger charge is -2.33. The molecule has 2 atom stereocenters. The summed E-state index contributed by atoms with van der Waals surface area (Å²) in [6.07, 6.45) is 4.23. The van der Waals surface area contributed by atoms with Crippen molar-refractivity contribution < 1.29 is 0 Å². The molecule has 1 N–H and O–H groups in total. The molecule has 2 rings (SSSR count). The average molecular weight is 224 g/mol. The maximum atomic E-state index is 4.30. The monoisotopic (exact) mass is 224 g/mol. The Morgan fingerprint density at radius 3 is 2.67 bits per heavy atom. The topological polar surface area (TPSA) is 24.9 Å². The second-order valence-corrected chi connectivity index (χ2v) is 5.56. The molecule has 0 radical (unpaired) electrons. The minimum atomic E-state index is 0.452. The maximum Gasteiger partial charge on any atom is 0.0798 e. The van der Waals surface area contributed by atoms with Gasteiger partial charge in [-0.1, -0.05) is 6.42 Å². The van der Waals surface area contributed by atoms with E-state index in [-0.39, 0.29) is 0 Å². The molecule has 0 saturated heterocycles. The molecule has 0 bridgehead atoms. The van der Waals surface area contributed by atoms with Crippen molar-refractivity contribution in [2.45, 2.75) is 52.1 Å². The van der Waals surface area contributed by atoms with Gasteiger partial charge in [0, 0.05) is 17.0 Å². The van der Waals surface area contributed by atoms with Crippen LogP contribution in [-0.4, -0.2) is 11.0 Å². The molecule has 0 aliphatic heterocycles. The van der Waals surface area contributed by atoms with E-state index in [9.17, 15) is 0 Å². The van der Waals surface area contributed by atoms with Crippen LogP contribution in [0.4, 0.5) is 0 Å². The summed E-state index contributed by atoms with van der Waals surface area (Å²) in [6, 6.07) is 1.10. The summed E-state index contributed by atoms with van der Waals surface area (Å²) in [5.74, 6) is 0.903. The fourth-order valence-electron chi connectivity index (χ4n) is 2.27. The van der Waals surface area contributed by atoms with Gasteiger partial charge in [0.2, 0.25) is 0 Å². The third-order valence-corrected chi connectivity index (χ3v) is 4.66. The molecule has 0 aromatic carbocycles. The van der Waals surface area contributed by atoms with E-state index in [2.05, 4.69) is 31.1 Å². The van der Waals surface area contributed by atoms with Crippen LogP contribution in [0.1, 0.15) is 49.7 Å². The van der Waals surface area contributed by atoms with Crippen LogP contribution in [0.25, 0.3) is 0 Å². The van der Waals surface area contributed by atoms with E-state index < -0.39 is 0 Å². The van der Waals surface area contributed by atoms with Crippen LogP contribution in [0.3, 0.4) is 0 Å². The molecule has 1 aromatic rings. The minimum absolute atomic E-state index is 0.452. The standard InChI is InChI=1S/C12H20N2S/c1-8(11-5-4-6-11)14-10(3)12-9(2)13-7-15-12/h7-8,10-11,14H,4-6H2,1-3H3. The zero-order valence-corrected chi connectivity index (χ0v) is 10.6. The number of nitrogens with zero attached hydrogens (tertiary/aromatic N) is 1. The van der Waals surface area contributed by atoms with Gasteiger partial charge in [0.25, 0.3) is 0 Å². The first kappa shape index (κ1) is 11.1. The Hall–Kier alpha value is -0.410. The van der Waals surface area contributed by atoms with Gasteiger partial charge in [0.05, 0.1) is 11.2 Å². The van der Waals surface area contributed by atoms with Crippen molar-refractivity contribution in [2.24, 2.45) is 5.92 Å². The molecule has 1 fully saturated rings. The van der Waals surface area contributed by atoms with Gasteiger partial charge in [-0.15, -0.1) is 11.3 Å². The van der Waals surface area contributed by atoms with Gasteiger partial charge in [0.1, 0.15) is 0 Å². The van der Waals surface area contributed by atoms with Gasteiger partial charge < -0.3 is 5.32 Å². The number of aromatic nitrogens is 1. The number of nitrogens with one attached hydrogen (secondary N) is 1. The van der Waals surface area contributed by atoms with Crippen LogP contribution in [-0.2, 0) is 0 Å². The molecule has 2 unspecified atom stereocenters. The second kappa shape index (κ2) is 4.62. The summed E-state index contributed by atoms with van der Waals surface area (Å²) < 4.78 is 0. The molecule has 1 heterocycles. The van der Waals surface area contributed by atoms with E-state index in [1.807, 2.05) is 5.51 Å². The van der Waals surface area contributed by atoms with Crippen molar-refractivity contribution in [2.75, 3.05) is 0 Å². The quantitative estimate of drug-likeness (QED) is 0.849. The fourth-order valence-corrected chi connectivity index (χ4v) is 3.09. The van der Waals surface area contributed by atoms with E-state index in [4.69, 9.17) is 0 Å². The van der Waals surface area contributed by atoms with Gasteiger partial charge in [-0.3, -0.25) is 0 Å². The van der Waals surface area contributed by atoms with Crippen molar-refractivity contribution in [1.82, 2.24) is 10.3 Å². The van der Waals surface area contributed by atoms with Crippen LogP contribution in [0.15, 0.2) is 5.51 Å². The van der Waals surface area contributed by atoms with Gasteiger partial charge in [-0.2, -0.15) is 0 Å². The molecule has 1 aliphatic carbocycles. The zero-order valence-electron chi connectivity index (χ0n) is 9.79. The van der Waals surface area contributed by atoms with Crippen molar-refractivity contribution in [3.8, 4) is 0 Å². The molecule has 1 saturated carbocycles. The highest BCUT2D eigenvalue weighted by atomic mass is 32.1. The Balaban J connectivity index is 1.91. The van der Waals surface area contributed by atoms with Gasteiger partial charge >= 0.3 is 0 Å². The van der Waals surface area contributed by atoms with Crippen molar-refractivity contribution in [3.63, 3.8) is 0 Å². The number of thiazole rings is 1. The molecule has 84 valence electrons.